The van der Waals surface area contributed by atoms with E-state index >= 15 is 0 Å². The van der Waals surface area contributed by atoms with Crippen molar-refractivity contribution in [3.05, 3.63) is 21.6 Å². The quantitative estimate of drug-likeness (QED) is 0.494. The van der Waals surface area contributed by atoms with Crippen LogP contribution in [-0.2, 0) is 0 Å². The molecule has 1 saturated carbocycles. The molecule has 0 radical (unpaired) electrons. The van der Waals surface area contributed by atoms with Gasteiger partial charge in [-0.05, 0) is 25.7 Å². The van der Waals surface area contributed by atoms with Gasteiger partial charge in [-0.25, -0.2) is 9.97 Å². The van der Waals surface area contributed by atoms with Crippen LogP contribution < -0.4 is 5.32 Å². The van der Waals surface area contributed by atoms with E-state index in [9.17, 15) is 15.2 Å². The Labute approximate surface area is 108 Å². The van der Waals surface area contributed by atoms with E-state index in [0.717, 1.165) is 12.8 Å². The van der Waals surface area contributed by atoms with Crippen molar-refractivity contribution in [1.82, 2.24) is 9.97 Å². The lowest BCUT2D eigenvalue weighted by atomic mass is 9.93. The van der Waals surface area contributed by atoms with E-state index in [1.165, 1.54) is 6.33 Å². The van der Waals surface area contributed by atoms with Gasteiger partial charge in [-0.2, -0.15) is 0 Å². The normalized spacial score (nSPS) is 23.7. The Hall–Kier alpha value is -1.47. The molecule has 0 aliphatic heterocycles. The highest BCUT2D eigenvalue weighted by molar-refractivity contribution is 6.31. The fourth-order valence-electron chi connectivity index (χ4n) is 2.04. The molecule has 0 unspecified atom stereocenters. The fraction of sp³-hybridized carbons (Fsp3) is 0.600. The van der Waals surface area contributed by atoms with Crippen LogP contribution in [0, 0.1) is 10.1 Å². The Morgan fingerprint density at radius 3 is 2.67 bits per heavy atom. The summed E-state index contributed by atoms with van der Waals surface area (Å²) in [6.45, 7) is 0. The number of aromatic nitrogens is 2. The Bertz CT molecular complexity index is 449. The summed E-state index contributed by atoms with van der Waals surface area (Å²) < 4.78 is 0. The summed E-state index contributed by atoms with van der Waals surface area (Å²) in [4.78, 5) is 17.8. The van der Waals surface area contributed by atoms with Crippen molar-refractivity contribution < 1.29 is 10.0 Å². The van der Waals surface area contributed by atoms with E-state index in [2.05, 4.69) is 15.3 Å². The number of rotatable bonds is 3. The molecule has 0 aromatic carbocycles. The second-order valence-corrected chi connectivity index (χ2v) is 4.63. The SMILES string of the molecule is O=[N+]([O-])c1c(Cl)ncnc1NC1CCC(O)CC1. The van der Waals surface area contributed by atoms with Crippen molar-refractivity contribution >= 4 is 23.1 Å². The van der Waals surface area contributed by atoms with Crippen molar-refractivity contribution in [2.24, 2.45) is 0 Å². The van der Waals surface area contributed by atoms with E-state index in [1.54, 1.807) is 0 Å². The van der Waals surface area contributed by atoms with Gasteiger partial charge >= 0.3 is 5.69 Å². The van der Waals surface area contributed by atoms with Gasteiger partial charge in [0.2, 0.25) is 11.0 Å². The van der Waals surface area contributed by atoms with Crippen molar-refractivity contribution in [3.63, 3.8) is 0 Å². The molecule has 7 nitrogen and oxygen atoms in total. The highest BCUT2D eigenvalue weighted by atomic mass is 35.5. The van der Waals surface area contributed by atoms with Gasteiger partial charge < -0.3 is 10.4 Å². The lowest BCUT2D eigenvalue weighted by molar-refractivity contribution is -0.384. The van der Waals surface area contributed by atoms with Gasteiger partial charge in [0, 0.05) is 6.04 Å². The van der Waals surface area contributed by atoms with Gasteiger partial charge in [0.15, 0.2) is 0 Å². The summed E-state index contributed by atoms with van der Waals surface area (Å²) in [5.41, 5.74) is -0.301. The first kappa shape index (κ1) is 13.0. The summed E-state index contributed by atoms with van der Waals surface area (Å²) in [5, 5.41) is 23.1. The summed E-state index contributed by atoms with van der Waals surface area (Å²) in [7, 11) is 0. The van der Waals surface area contributed by atoms with Gasteiger partial charge in [-0.15, -0.1) is 0 Å². The van der Waals surface area contributed by atoms with Gasteiger partial charge in [0.05, 0.1) is 11.0 Å². The van der Waals surface area contributed by atoms with Crippen molar-refractivity contribution in [2.75, 3.05) is 5.32 Å². The summed E-state index contributed by atoms with van der Waals surface area (Å²) in [6, 6.07) is 0.0677. The lowest BCUT2D eigenvalue weighted by Crippen LogP contribution is -2.28. The van der Waals surface area contributed by atoms with Crippen molar-refractivity contribution in [3.8, 4) is 0 Å². The molecule has 8 heteroatoms. The molecule has 18 heavy (non-hydrogen) atoms. The average Bonchev–Trinajstić information content (AvgIpc) is 2.32. The monoisotopic (exact) mass is 272 g/mol. The van der Waals surface area contributed by atoms with Crippen LogP contribution in [0.1, 0.15) is 25.7 Å². The van der Waals surface area contributed by atoms with Crippen LogP contribution in [0.15, 0.2) is 6.33 Å². The molecule has 1 heterocycles. The molecule has 2 N–H and O–H groups in total. The molecule has 0 amide bonds. The fourth-order valence-corrected chi connectivity index (χ4v) is 2.24. The minimum atomic E-state index is -0.595. The molecule has 1 aliphatic rings. The third kappa shape index (κ3) is 2.85. The van der Waals surface area contributed by atoms with Crippen molar-refractivity contribution in [1.29, 1.82) is 0 Å². The maximum absolute atomic E-state index is 10.9. The van der Waals surface area contributed by atoms with Gasteiger partial charge in [0.25, 0.3) is 0 Å². The molecule has 0 spiro atoms. The number of aliphatic hydroxyl groups excluding tert-OH is 1. The molecule has 0 atom stereocenters. The molecule has 1 aromatic heterocycles. The molecular weight excluding hydrogens is 260 g/mol. The lowest BCUT2D eigenvalue weighted by Gasteiger charge is -2.26. The van der Waals surface area contributed by atoms with Crippen LogP contribution >= 0.6 is 11.6 Å². The molecule has 1 aliphatic carbocycles. The molecule has 98 valence electrons. The topological polar surface area (TPSA) is 101 Å². The van der Waals surface area contributed by atoms with E-state index in [-0.39, 0.29) is 28.8 Å². The maximum atomic E-state index is 10.9. The Morgan fingerprint density at radius 1 is 1.39 bits per heavy atom. The number of halogens is 1. The van der Waals surface area contributed by atoms with E-state index in [1.807, 2.05) is 0 Å². The first-order valence-electron chi connectivity index (χ1n) is 5.67. The van der Waals surface area contributed by atoms with E-state index in [4.69, 9.17) is 11.6 Å². The second kappa shape index (κ2) is 5.45. The number of nitrogens with one attached hydrogen (secondary N) is 1. The van der Waals surface area contributed by atoms with Crippen LogP contribution in [0.3, 0.4) is 0 Å². The zero-order valence-electron chi connectivity index (χ0n) is 9.54. The Balaban J connectivity index is 2.14. The summed E-state index contributed by atoms with van der Waals surface area (Å²) in [6.07, 6.45) is 3.79. The Morgan fingerprint density at radius 2 is 2.06 bits per heavy atom. The number of anilines is 1. The average molecular weight is 273 g/mol. The first-order chi connectivity index (χ1) is 8.58. The smallest absolute Gasteiger partial charge is 0.348 e. The molecule has 0 bridgehead atoms. The minimum Gasteiger partial charge on any atom is -0.393 e. The highest BCUT2D eigenvalue weighted by Crippen LogP contribution is 2.30. The number of hydrogen-bond donors (Lipinski definition) is 2. The largest absolute Gasteiger partial charge is 0.393 e. The predicted molar refractivity (Wildman–Crippen MR) is 65.6 cm³/mol. The van der Waals surface area contributed by atoms with Crippen LogP contribution in [0.2, 0.25) is 5.15 Å². The third-order valence-corrected chi connectivity index (χ3v) is 3.27. The van der Waals surface area contributed by atoms with Crippen LogP contribution in [0.5, 0.6) is 0 Å². The molecule has 1 aromatic rings. The second-order valence-electron chi connectivity index (χ2n) is 4.27. The number of hydrogen-bond acceptors (Lipinski definition) is 6. The third-order valence-electron chi connectivity index (χ3n) is 3.00. The number of nitrogens with zero attached hydrogens (tertiary/aromatic N) is 3. The zero-order chi connectivity index (χ0) is 13.1. The van der Waals surface area contributed by atoms with Gasteiger partial charge in [-0.3, -0.25) is 10.1 Å². The van der Waals surface area contributed by atoms with E-state index in [0.29, 0.717) is 12.8 Å². The number of aliphatic hydroxyl groups is 1. The first-order valence-corrected chi connectivity index (χ1v) is 6.05. The maximum Gasteiger partial charge on any atom is 0.348 e. The summed E-state index contributed by atoms with van der Waals surface area (Å²) >= 11 is 5.69. The zero-order valence-corrected chi connectivity index (χ0v) is 10.3. The highest BCUT2D eigenvalue weighted by Gasteiger charge is 2.25. The molecular formula is C10H13ClN4O3. The number of nitro groups is 1. The van der Waals surface area contributed by atoms with Crippen LogP contribution in [-0.4, -0.2) is 32.1 Å². The van der Waals surface area contributed by atoms with Gasteiger partial charge in [-0.1, -0.05) is 11.6 Å². The molecule has 0 saturated heterocycles. The van der Waals surface area contributed by atoms with Crippen LogP contribution in [0.4, 0.5) is 11.5 Å². The molecule has 1 fully saturated rings. The molecule has 2 rings (SSSR count). The standard InChI is InChI=1S/C10H13ClN4O3/c11-9-8(15(17)18)10(13-5-12-9)14-6-1-3-7(16)4-2-6/h5-7,16H,1-4H2,(H,12,13,14). The van der Waals surface area contributed by atoms with Crippen molar-refractivity contribution in [2.45, 2.75) is 37.8 Å². The predicted octanol–water partition coefficient (Wildman–Crippen LogP) is 1.75. The van der Waals surface area contributed by atoms with Crippen LogP contribution in [0.25, 0.3) is 0 Å². The Kier molecular flexibility index (Phi) is 3.93. The van der Waals surface area contributed by atoms with Gasteiger partial charge in [0.1, 0.15) is 6.33 Å². The van der Waals surface area contributed by atoms with E-state index < -0.39 is 4.92 Å². The summed E-state index contributed by atoms with van der Waals surface area (Å²) in [5.74, 6) is 0.140. The minimum absolute atomic E-state index is 0.0677.